The van der Waals surface area contributed by atoms with Gasteiger partial charge in [-0.15, -0.1) is 0 Å². The summed E-state index contributed by atoms with van der Waals surface area (Å²) in [5, 5.41) is -0.539. The third-order valence-corrected chi connectivity index (χ3v) is 4.77. The third-order valence-electron chi connectivity index (χ3n) is 3.86. The number of carbonyl (C=O) groups is 4. The van der Waals surface area contributed by atoms with Crippen molar-refractivity contribution in [1.82, 2.24) is 4.90 Å². The minimum atomic E-state index is -0.673. The lowest BCUT2D eigenvalue weighted by Gasteiger charge is -2.09. The summed E-state index contributed by atoms with van der Waals surface area (Å²) in [6.07, 6.45) is 1.45. The maximum Gasteiger partial charge on any atom is 0.325 e. The van der Waals surface area contributed by atoms with Gasteiger partial charge in [0.1, 0.15) is 18.1 Å². The lowest BCUT2D eigenvalue weighted by atomic mass is 10.1. The second kappa shape index (κ2) is 7.63. The number of esters is 1. The topological polar surface area (TPSA) is 93.9 Å². The number of imide groups is 1. The Morgan fingerprint density at radius 3 is 2.48 bits per heavy atom. The molecule has 1 aliphatic rings. The molecule has 1 aromatic heterocycles. The smallest absolute Gasteiger partial charge is 0.325 e. The van der Waals surface area contributed by atoms with Gasteiger partial charge in [-0.25, -0.2) is 0 Å². The zero-order valence-electron chi connectivity index (χ0n) is 14.6. The van der Waals surface area contributed by atoms with Crippen molar-refractivity contribution in [2.24, 2.45) is 0 Å². The molecule has 1 aliphatic heterocycles. The van der Waals surface area contributed by atoms with Crippen LogP contribution >= 0.6 is 11.8 Å². The van der Waals surface area contributed by atoms with Gasteiger partial charge in [0.15, 0.2) is 5.78 Å². The van der Waals surface area contributed by atoms with Crippen molar-refractivity contribution in [3.05, 3.63) is 52.6 Å². The number of Topliss-reactive ketones (excluding diaryl/α,β-unsaturated/α-hetero) is 1. The number of rotatable bonds is 5. The number of furan rings is 1. The van der Waals surface area contributed by atoms with Gasteiger partial charge in [0, 0.05) is 17.2 Å². The molecule has 7 nitrogen and oxygen atoms in total. The van der Waals surface area contributed by atoms with Crippen LogP contribution < -0.4 is 0 Å². The monoisotopic (exact) mass is 385 g/mol. The summed E-state index contributed by atoms with van der Waals surface area (Å²) >= 11 is 0.733. The van der Waals surface area contributed by atoms with E-state index in [-0.39, 0.29) is 10.7 Å². The summed E-state index contributed by atoms with van der Waals surface area (Å²) in [5.74, 6) is -0.314. The van der Waals surface area contributed by atoms with Crippen molar-refractivity contribution >= 4 is 40.7 Å². The van der Waals surface area contributed by atoms with Crippen LogP contribution in [0.4, 0.5) is 4.79 Å². The van der Waals surface area contributed by atoms with Crippen LogP contribution in [0.2, 0.25) is 0 Å². The highest BCUT2D eigenvalue weighted by Crippen LogP contribution is 2.33. The first-order valence-corrected chi connectivity index (χ1v) is 8.74. The Bertz CT molecular complexity index is 957. The highest BCUT2D eigenvalue weighted by Gasteiger charge is 2.36. The molecule has 27 heavy (non-hydrogen) atoms. The van der Waals surface area contributed by atoms with E-state index in [0.717, 1.165) is 22.2 Å². The van der Waals surface area contributed by atoms with Crippen molar-refractivity contribution in [2.45, 2.75) is 6.92 Å². The van der Waals surface area contributed by atoms with E-state index in [2.05, 4.69) is 4.74 Å². The quantitative estimate of drug-likeness (QED) is 0.442. The summed E-state index contributed by atoms with van der Waals surface area (Å²) in [5.41, 5.74) is 1.38. The molecule has 8 heteroatoms. The number of nitrogens with zero attached hydrogens (tertiary/aromatic N) is 1. The van der Waals surface area contributed by atoms with Gasteiger partial charge in [-0.2, -0.15) is 0 Å². The minimum Gasteiger partial charge on any atom is -0.468 e. The van der Waals surface area contributed by atoms with E-state index >= 15 is 0 Å². The number of amides is 2. The van der Waals surface area contributed by atoms with E-state index in [1.165, 1.54) is 20.1 Å². The molecule has 1 fully saturated rings. The van der Waals surface area contributed by atoms with Crippen LogP contribution in [0.1, 0.15) is 23.0 Å². The Morgan fingerprint density at radius 2 is 1.85 bits per heavy atom. The van der Waals surface area contributed by atoms with Gasteiger partial charge in [-0.05, 0) is 30.8 Å². The summed E-state index contributed by atoms with van der Waals surface area (Å²) in [7, 11) is 1.19. The fourth-order valence-corrected chi connectivity index (χ4v) is 3.23. The van der Waals surface area contributed by atoms with E-state index in [4.69, 9.17) is 4.42 Å². The van der Waals surface area contributed by atoms with E-state index < -0.39 is 23.7 Å². The van der Waals surface area contributed by atoms with Crippen molar-refractivity contribution in [1.29, 1.82) is 0 Å². The van der Waals surface area contributed by atoms with E-state index in [0.29, 0.717) is 17.1 Å². The molecule has 1 saturated heterocycles. The van der Waals surface area contributed by atoms with Crippen LogP contribution in [0.25, 0.3) is 17.4 Å². The first-order valence-electron chi connectivity index (χ1n) is 7.92. The molecule has 138 valence electrons. The standard InChI is InChI=1S/C19H15NO6S/c1-11(21)12-3-5-13(6-4-12)15-8-7-14(26-15)9-16-18(23)20(19(24)27-16)10-17(22)25-2/h3-9H,10H2,1-2H3/b16-9-. The van der Waals surface area contributed by atoms with Gasteiger partial charge < -0.3 is 9.15 Å². The fourth-order valence-electron chi connectivity index (χ4n) is 2.41. The fraction of sp³-hybridized carbons (Fsp3) is 0.158. The molecular weight excluding hydrogens is 370 g/mol. The van der Waals surface area contributed by atoms with E-state index in [1.54, 1.807) is 36.4 Å². The molecule has 0 saturated carbocycles. The van der Waals surface area contributed by atoms with Crippen LogP contribution in [0.3, 0.4) is 0 Å². The molecule has 0 unspecified atom stereocenters. The van der Waals surface area contributed by atoms with Crippen molar-refractivity contribution in [3.63, 3.8) is 0 Å². The van der Waals surface area contributed by atoms with Gasteiger partial charge >= 0.3 is 5.97 Å². The largest absolute Gasteiger partial charge is 0.468 e. The molecule has 1 aromatic carbocycles. The molecule has 0 N–H and O–H groups in total. The molecule has 0 aliphatic carbocycles. The Kier molecular flexibility index (Phi) is 5.27. The second-order valence-electron chi connectivity index (χ2n) is 5.68. The molecule has 2 amide bonds. The van der Waals surface area contributed by atoms with Crippen molar-refractivity contribution in [3.8, 4) is 11.3 Å². The molecule has 2 aromatic rings. The number of ether oxygens (including phenoxy) is 1. The van der Waals surface area contributed by atoms with Gasteiger partial charge in [0.05, 0.1) is 12.0 Å². The summed E-state index contributed by atoms with van der Waals surface area (Å²) in [4.78, 5) is 47.8. The van der Waals surface area contributed by atoms with Crippen molar-refractivity contribution < 1.29 is 28.3 Å². The first-order chi connectivity index (χ1) is 12.9. The zero-order valence-corrected chi connectivity index (χ0v) is 15.4. The van der Waals surface area contributed by atoms with Crippen LogP contribution in [0, 0.1) is 0 Å². The number of benzene rings is 1. The summed E-state index contributed by atoms with van der Waals surface area (Å²) < 4.78 is 10.2. The number of methoxy groups -OCH3 is 1. The van der Waals surface area contributed by atoms with Crippen LogP contribution in [-0.4, -0.2) is 41.5 Å². The Morgan fingerprint density at radius 1 is 1.15 bits per heavy atom. The SMILES string of the molecule is COC(=O)CN1C(=O)S/C(=C\c2ccc(-c3ccc(C(C)=O)cc3)o2)C1=O. The lowest BCUT2D eigenvalue weighted by Crippen LogP contribution is -2.34. The predicted molar refractivity (Wildman–Crippen MR) is 98.8 cm³/mol. The summed E-state index contributed by atoms with van der Waals surface area (Å²) in [6.45, 7) is 1.07. The number of thioether (sulfide) groups is 1. The average Bonchev–Trinajstić information content (AvgIpc) is 3.22. The van der Waals surface area contributed by atoms with Crippen molar-refractivity contribution in [2.75, 3.05) is 13.7 Å². The molecule has 0 atom stereocenters. The minimum absolute atomic E-state index is 0.0237. The van der Waals surface area contributed by atoms with Crippen LogP contribution in [0.15, 0.2) is 45.7 Å². The Balaban J connectivity index is 1.78. The van der Waals surface area contributed by atoms with Crippen LogP contribution in [-0.2, 0) is 14.3 Å². The van der Waals surface area contributed by atoms with Crippen LogP contribution in [0.5, 0.6) is 0 Å². The molecule has 2 heterocycles. The van der Waals surface area contributed by atoms with E-state index in [1.807, 2.05) is 0 Å². The maximum atomic E-state index is 12.3. The van der Waals surface area contributed by atoms with Gasteiger partial charge in [-0.1, -0.05) is 24.3 Å². The zero-order chi connectivity index (χ0) is 19.6. The number of carbonyl (C=O) groups excluding carboxylic acids is 4. The Hall–Kier alpha value is -3.13. The van der Waals surface area contributed by atoms with Gasteiger partial charge in [0.2, 0.25) is 0 Å². The predicted octanol–water partition coefficient (Wildman–Crippen LogP) is 3.36. The first kappa shape index (κ1) is 18.7. The average molecular weight is 385 g/mol. The molecule has 3 rings (SSSR count). The normalized spacial score (nSPS) is 15.5. The highest BCUT2D eigenvalue weighted by molar-refractivity contribution is 8.18. The number of hydrogen-bond acceptors (Lipinski definition) is 7. The van der Waals surface area contributed by atoms with Gasteiger partial charge in [-0.3, -0.25) is 24.1 Å². The second-order valence-corrected chi connectivity index (χ2v) is 6.67. The molecule has 0 spiro atoms. The van der Waals surface area contributed by atoms with E-state index in [9.17, 15) is 19.2 Å². The molecule has 0 radical (unpaired) electrons. The lowest BCUT2D eigenvalue weighted by molar-refractivity contribution is -0.143. The maximum absolute atomic E-state index is 12.3. The summed E-state index contributed by atoms with van der Waals surface area (Å²) in [6, 6.07) is 10.3. The molecule has 0 bridgehead atoms. The molecular formula is C19H15NO6S. The number of hydrogen-bond donors (Lipinski definition) is 0. The van der Waals surface area contributed by atoms with Gasteiger partial charge in [0.25, 0.3) is 11.1 Å². The third kappa shape index (κ3) is 4.01. The number of ketones is 1. The Labute approximate surface area is 159 Å². The highest BCUT2D eigenvalue weighted by atomic mass is 32.2.